The van der Waals surface area contributed by atoms with Crippen LogP contribution in [0.1, 0.15) is 15.9 Å². The van der Waals surface area contributed by atoms with Crippen LogP contribution in [-0.2, 0) is 14.6 Å². The van der Waals surface area contributed by atoms with Crippen LogP contribution in [0.5, 0.6) is 5.75 Å². The average molecular weight is 653 g/mol. The zero-order chi connectivity index (χ0) is 26.3. The van der Waals surface area contributed by atoms with E-state index in [0.717, 1.165) is 23.5 Å². The normalized spacial score (nSPS) is 13.5. The van der Waals surface area contributed by atoms with Gasteiger partial charge in [-0.2, -0.15) is 4.72 Å². The standard InChI is InChI=1S/C22H14BrCl2FNO6PS2/c23-17-6-5-14(9-15(17)21(28)12-1-3-13(26)4-2-12)33-34(29,30)11-27-36(31,32)20-10-16-18(24)7-8-19(25)22(16)35-20/h1-10,27H,11H2,(H,29,30). The van der Waals surface area contributed by atoms with Crippen molar-refractivity contribution in [3.05, 3.63) is 92.1 Å². The average Bonchev–Trinajstić information content (AvgIpc) is 3.30. The molecule has 14 heteroatoms. The lowest BCUT2D eigenvalue weighted by Crippen LogP contribution is -2.25. The smallest absolute Gasteiger partial charge is 0.391 e. The Labute approximate surface area is 227 Å². The first-order valence-corrected chi connectivity index (χ1v) is 15.5. The molecule has 188 valence electrons. The Morgan fingerprint density at radius 3 is 2.42 bits per heavy atom. The van der Waals surface area contributed by atoms with Gasteiger partial charge in [-0.3, -0.25) is 4.79 Å². The minimum Gasteiger partial charge on any atom is -0.424 e. The summed E-state index contributed by atoms with van der Waals surface area (Å²) in [6.07, 6.45) is -0.942. The van der Waals surface area contributed by atoms with Crippen LogP contribution in [0, 0.1) is 5.82 Å². The van der Waals surface area contributed by atoms with Gasteiger partial charge in [0, 0.05) is 26.0 Å². The summed E-state index contributed by atoms with van der Waals surface area (Å²) in [5.41, 5.74) is 0.288. The molecule has 0 bridgehead atoms. The molecule has 0 amide bonds. The number of nitrogens with one attached hydrogen (secondary N) is 1. The van der Waals surface area contributed by atoms with Crippen LogP contribution >= 0.6 is 58.1 Å². The quantitative estimate of drug-likeness (QED) is 0.159. The van der Waals surface area contributed by atoms with Gasteiger partial charge in [0.2, 0.25) is 0 Å². The van der Waals surface area contributed by atoms with E-state index in [1.807, 2.05) is 0 Å². The molecule has 1 aromatic heterocycles. The van der Waals surface area contributed by atoms with E-state index in [1.165, 1.54) is 48.5 Å². The van der Waals surface area contributed by atoms with Crippen LogP contribution in [0.2, 0.25) is 10.0 Å². The van der Waals surface area contributed by atoms with E-state index in [0.29, 0.717) is 24.6 Å². The Bertz CT molecular complexity index is 1610. The Balaban J connectivity index is 1.51. The Morgan fingerprint density at radius 2 is 1.75 bits per heavy atom. The minimum absolute atomic E-state index is 0.0960. The summed E-state index contributed by atoms with van der Waals surface area (Å²) in [5.74, 6) is -1.13. The fourth-order valence-electron chi connectivity index (χ4n) is 3.09. The summed E-state index contributed by atoms with van der Waals surface area (Å²) in [5, 5.41) is 1.06. The van der Waals surface area contributed by atoms with Crippen molar-refractivity contribution in [3.63, 3.8) is 0 Å². The first kappa shape index (κ1) is 27.2. The number of carbonyl (C=O) groups excluding carboxylic acids is 1. The molecule has 0 aliphatic rings. The van der Waals surface area contributed by atoms with E-state index < -0.39 is 35.5 Å². The van der Waals surface area contributed by atoms with Gasteiger partial charge in [0.25, 0.3) is 10.0 Å². The number of hydrogen-bond acceptors (Lipinski definition) is 6. The summed E-state index contributed by atoms with van der Waals surface area (Å²) >= 11 is 16.3. The second kappa shape index (κ2) is 10.5. The number of carbonyl (C=O) groups is 1. The van der Waals surface area contributed by atoms with Crippen LogP contribution in [0.25, 0.3) is 10.1 Å². The van der Waals surface area contributed by atoms with Gasteiger partial charge in [-0.25, -0.2) is 17.4 Å². The predicted octanol–water partition coefficient (Wildman–Crippen LogP) is 6.84. The largest absolute Gasteiger partial charge is 0.424 e. The number of hydrogen-bond donors (Lipinski definition) is 2. The van der Waals surface area contributed by atoms with E-state index in [2.05, 4.69) is 20.7 Å². The number of ketones is 1. The summed E-state index contributed by atoms with van der Waals surface area (Å²) in [6.45, 7) is 0. The summed E-state index contributed by atoms with van der Waals surface area (Å²) < 4.78 is 59.2. The number of rotatable bonds is 8. The molecule has 0 radical (unpaired) electrons. The highest BCUT2D eigenvalue weighted by Gasteiger charge is 2.28. The van der Waals surface area contributed by atoms with Crippen molar-refractivity contribution in [2.45, 2.75) is 4.21 Å². The van der Waals surface area contributed by atoms with E-state index in [4.69, 9.17) is 27.7 Å². The molecule has 1 heterocycles. The van der Waals surface area contributed by atoms with Gasteiger partial charge < -0.3 is 9.42 Å². The van der Waals surface area contributed by atoms with Crippen molar-refractivity contribution in [2.75, 3.05) is 6.29 Å². The first-order valence-electron chi connectivity index (χ1n) is 9.85. The molecule has 0 aliphatic heterocycles. The Morgan fingerprint density at radius 1 is 1.08 bits per heavy atom. The molecule has 1 unspecified atom stereocenters. The zero-order valence-electron chi connectivity index (χ0n) is 17.7. The third kappa shape index (κ3) is 6.00. The van der Waals surface area contributed by atoms with Gasteiger partial charge in [-0.05, 0) is 60.7 Å². The number of thiophene rings is 1. The van der Waals surface area contributed by atoms with E-state index in [-0.39, 0.29) is 21.1 Å². The molecule has 0 fully saturated rings. The van der Waals surface area contributed by atoms with Gasteiger partial charge in [-0.1, -0.05) is 39.1 Å². The van der Waals surface area contributed by atoms with Gasteiger partial charge >= 0.3 is 7.60 Å². The molecule has 0 spiro atoms. The SMILES string of the molecule is O=C(c1ccc(F)cc1)c1cc(OP(=O)(O)CNS(=O)(=O)c2cc3c(Cl)ccc(Cl)c3s2)ccc1Br. The van der Waals surface area contributed by atoms with Crippen LogP contribution in [0.15, 0.2) is 69.3 Å². The van der Waals surface area contributed by atoms with E-state index in [1.54, 1.807) is 0 Å². The number of fused-ring (bicyclic) bond motifs is 1. The third-order valence-electron chi connectivity index (χ3n) is 4.82. The van der Waals surface area contributed by atoms with E-state index in [9.17, 15) is 27.1 Å². The summed E-state index contributed by atoms with van der Waals surface area (Å²) in [4.78, 5) is 23.1. The van der Waals surface area contributed by atoms with Crippen LogP contribution < -0.4 is 9.25 Å². The van der Waals surface area contributed by atoms with Crippen LogP contribution in [0.4, 0.5) is 4.39 Å². The van der Waals surface area contributed by atoms with Crippen LogP contribution in [-0.4, -0.2) is 25.4 Å². The second-order valence-electron chi connectivity index (χ2n) is 7.35. The Kier molecular flexibility index (Phi) is 7.95. The molecule has 4 rings (SSSR count). The summed E-state index contributed by atoms with van der Waals surface area (Å²) in [7, 11) is -8.74. The predicted molar refractivity (Wildman–Crippen MR) is 141 cm³/mol. The molecule has 0 saturated heterocycles. The second-order valence-corrected chi connectivity index (χ2v) is 13.8. The molecule has 0 aliphatic carbocycles. The maximum atomic E-state index is 13.2. The number of halogens is 4. The fraction of sp³-hybridized carbons (Fsp3) is 0.0455. The molecule has 1 atom stereocenters. The topological polar surface area (TPSA) is 110 Å². The van der Waals surface area contributed by atoms with Gasteiger partial charge in [0.05, 0.1) is 9.72 Å². The molecule has 0 saturated carbocycles. The molecule has 36 heavy (non-hydrogen) atoms. The first-order chi connectivity index (χ1) is 16.9. The maximum Gasteiger partial charge on any atom is 0.391 e. The van der Waals surface area contributed by atoms with Crippen molar-refractivity contribution < 1.29 is 31.6 Å². The van der Waals surface area contributed by atoms with Crippen molar-refractivity contribution in [3.8, 4) is 5.75 Å². The van der Waals surface area contributed by atoms with Crippen molar-refractivity contribution >= 4 is 84.0 Å². The van der Waals surface area contributed by atoms with Gasteiger partial charge in [0.15, 0.2) is 5.78 Å². The maximum absolute atomic E-state index is 13.2. The van der Waals surface area contributed by atoms with Gasteiger partial charge in [-0.15, -0.1) is 11.3 Å². The number of benzene rings is 3. The molecular weight excluding hydrogens is 639 g/mol. The summed E-state index contributed by atoms with van der Waals surface area (Å²) in [6, 6.07) is 13.3. The third-order valence-corrected chi connectivity index (χ3v) is 10.6. The van der Waals surface area contributed by atoms with E-state index >= 15 is 0 Å². The molecule has 4 aromatic rings. The highest BCUT2D eigenvalue weighted by Crippen LogP contribution is 2.43. The van der Waals surface area contributed by atoms with Gasteiger partial charge in [0.1, 0.15) is 22.1 Å². The lowest BCUT2D eigenvalue weighted by atomic mass is 10.0. The minimum atomic E-state index is -4.54. The lowest BCUT2D eigenvalue weighted by Gasteiger charge is -2.15. The van der Waals surface area contributed by atoms with Crippen molar-refractivity contribution in [2.24, 2.45) is 0 Å². The highest BCUT2D eigenvalue weighted by molar-refractivity contribution is 9.10. The molecule has 2 N–H and O–H groups in total. The van der Waals surface area contributed by atoms with Crippen LogP contribution in [0.3, 0.4) is 0 Å². The Hall–Kier alpha value is -1.82. The molecule has 3 aromatic carbocycles. The molecule has 7 nitrogen and oxygen atoms in total. The number of sulfonamides is 1. The highest BCUT2D eigenvalue weighted by atomic mass is 79.9. The van der Waals surface area contributed by atoms with Crippen molar-refractivity contribution in [1.29, 1.82) is 0 Å². The monoisotopic (exact) mass is 651 g/mol. The molecular formula is C22H14BrCl2FNO6PS2. The zero-order valence-corrected chi connectivity index (χ0v) is 23.4. The lowest BCUT2D eigenvalue weighted by molar-refractivity contribution is 0.103. The fourth-order valence-corrected chi connectivity index (χ4v) is 8.01. The van der Waals surface area contributed by atoms with Crippen molar-refractivity contribution in [1.82, 2.24) is 4.72 Å².